The summed E-state index contributed by atoms with van der Waals surface area (Å²) >= 11 is 0. The van der Waals surface area contributed by atoms with Gasteiger partial charge >= 0.3 is 6.18 Å². The molecule has 0 aromatic rings. The van der Waals surface area contributed by atoms with Crippen LogP contribution in [-0.4, -0.2) is 62.7 Å². The maximum absolute atomic E-state index is 12.0. The molecule has 1 saturated heterocycles. The van der Waals surface area contributed by atoms with E-state index in [1.54, 1.807) is 0 Å². The summed E-state index contributed by atoms with van der Waals surface area (Å²) in [6.45, 7) is -0.287. The Balaban J connectivity index is 2.53. The number of hydrogen-bond donors (Lipinski definition) is 0. The van der Waals surface area contributed by atoms with Crippen molar-refractivity contribution < 1.29 is 31.1 Å². The van der Waals surface area contributed by atoms with Crippen LogP contribution in [0, 0.1) is 0 Å². The number of alkyl halides is 3. The fourth-order valence-corrected chi connectivity index (χ4v) is 3.61. The van der Waals surface area contributed by atoms with E-state index in [0.717, 1.165) is 4.90 Å². The van der Waals surface area contributed by atoms with E-state index in [1.807, 2.05) is 0 Å². The lowest BCUT2D eigenvalue weighted by Gasteiger charge is -2.26. The van der Waals surface area contributed by atoms with E-state index >= 15 is 0 Å². The van der Waals surface area contributed by atoms with E-state index in [-0.39, 0.29) is 11.5 Å². The summed E-state index contributed by atoms with van der Waals surface area (Å²) in [7, 11) is -1.77. The molecule has 0 unspecified atom stereocenters. The van der Waals surface area contributed by atoms with Gasteiger partial charge in [0.15, 0.2) is 9.84 Å². The molecule has 1 rings (SSSR count). The van der Waals surface area contributed by atoms with Crippen molar-refractivity contribution in [2.75, 3.05) is 25.2 Å². The Bertz CT molecular complexity index is 435. The summed E-state index contributed by atoms with van der Waals surface area (Å²) < 4.78 is 62.9. The van der Waals surface area contributed by atoms with Crippen LogP contribution < -0.4 is 0 Å². The summed E-state index contributed by atoms with van der Waals surface area (Å²) in [6.07, 6.45) is -5.45. The predicted molar refractivity (Wildman–Crippen MR) is 61.3 cm³/mol. The van der Waals surface area contributed by atoms with Crippen LogP contribution in [0.3, 0.4) is 0 Å². The normalized spacial score (nSPS) is 24.2. The molecule has 9 heteroatoms. The van der Waals surface area contributed by atoms with Crippen molar-refractivity contribution in [1.82, 2.24) is 4.90 Å². The molecule has 0 radical (unpaired) electrons. The molecular weight excluding hydrogens is 287 g/mol. The van der Waals surface area contributed by atoms with Gasteiger partial charge in [0.1, 0.15) is 12.7 Å². The number of carbonyl (C=O) groups is 1. The van der Waals surface area contributed by atoms with Gasteiger partial charge in [0, 0.05) is 13.1 Å². The number of ether oxygens (including phenoxy) is 1. The Hall–Kier alpha value is -0.830. The quantitative estimate of drug-likeness (QED) is 0.763. The highest BCUT2D eigenvalue weighted by molar-refractivity contribution is 7.91. The van der Waals surface area contributed by atoms with Crippen LogP contribution >= 0.6 is 0 Å². The molecule has 0 aromatic heterocycles. The van der Waals surface area contributed by atoms with E-state index in [2.05, 4.69) is 4.74 Å². The van der Waals surface area contributed by atoms with Crippen molar-refractivity contribution in [3.63, 3.8) is 0 Å². The molecule has 19 heavy (non-hydrogen) atoms. The lowest BCUT2D eigenvalue weighted by Crippen LogP contribution is -2.44. The van der Waals surface area contributed by atoms with Gasteiger partial charge < -0.3 is 9.64 Å². The zero-order valence-corrected chi connectivity index (χ0v) is 11.4. The third-order valence-corrected chi connectivity index (χ3v) is 4.70. The Kier molecular flexibility index (Phi) is 4.83. The lowest BCUT2D eigenvalue weighted by atomic mass is 10.2. The van der Waals surface area contributed by atoms with Crippen molar-refractivity contribution in [2.24, 2.45) is 0 Å². The van der Waals surface area contributed by atoms with Crippen LogP contribution in [0.25, 0.3) is 0 Å². The monoisotopic (exact) mass is 303 g/mol. The summed E-state index contributed by atoms with van der Waals surface area (Å²) in [6, 6.07) is -0.491. The van der Waals surface area contributed by atoms with Gasteiger partial charge in [0.2, 0.25) is 0 Å². The molecule has 0 saturated carbocycles. The molecule has 1 fully saturated rings. The Morgan fingerprint density at radius 3 is 2.47 bits per heavy atom. The molecule has 1 aliphatic heterocycles. The summed E-state index contributed by atoms with van der Waals surface area (Å²) in [4.78, 5) is 13.0. The summed E-state index contributed by atoms with van der Waals surface area (Å²) in [5, 5.41) is 0. The molecule has 1 amide bonds. The molecule has 0 N–H and O–H groups in total. The summed E-state index contributed by atoms with van der Waals surface area (Å²) in [5.41, 5.74) is 0. The average Bonchev–Trinajstić information content (AvgIpc) is 2.63. The first kappa shape index (κ1) is 16.2. The average molecular weight is 303 g/mol. The van der Waals surface area contributed by atoms with E-state index < -0.39 is 40.7 Å². The second-order valence-corrected chi connectivity index (χ2v) is 6.80. The van der Waals surface area contributed by atoms with Crippen LogP contribution in [0.2, 0.25) is 0 Å². The van der Waals surface area contributed by atoms with E-state index in [1.165, 1.54) is 14.0 Å². The van der Waals surface area contributed by atoms with Crippen molar-refractivity contribution in [3.8, 4) is 0 Å². The van der Waals surface area contributed by atoms with Gasteiger partial charge in [-0.1, -0.05) is 0 Å². The minimum Gasteiger partial charge on any atom is -0.359 e. The molecule has 0 bridgehead atoms. The van der Waals surface area contributed by atoms with Crippen LogP contribution in [0.1, 0.15) is 13.3 Å². The maximum Gasteiger partial charge on any atom is 0.411 e. The first-order chi connectivity index (χ1) is 8.52. The fourth-order valence-electron chi connectivity index (χ4n) is 1.84. The highest BCUT2D eigenvalue weighted by Gasteiger charge is 2.35. The second-order valence-electron chi connectivity index (χ2n) is 4.57. The van der Waals surface area contributed by atoms with Crippen molar-refractivity contribution >= 4 is 15.7 Å². The largest absolute Gasteiger partial charge is 0.411 e. The zero-order valence-electron chi connectivity index (χ0n) is 10.6. The third-order valence-electron chi connectivity index (χ3n) is 2.95. The number of nitrogens with zero attached hydrogens (tertiary/aromatic N) is 1. The molecule has 0 aromatic carbocycles. The standard InChI is InChI=1S/C10H16F3NO4S/c1-7(18-6-10(11,12)13)9(15)14(2)8-3-4-19(16,17)5-8/h7-8H,3-6H2,1-2H3/t7-,8+/m0/s1. The van der Waals surface area contributed by atoms with Gasteiger partial charge in [0.05, 0.1) is 11.5 Å². The Labute approximate surface area is 109 Å². The lowest BCUT2D eigenvalue weighted by molar-refractivity contribution is -0.188. The number of likely N-dealkylation sites (N-methyl/N-ethyl adjacent to an activating group) is 1. The number of halogens is 3. The van der Waals surface area contributed by atoms with Crippen LogP contribution in [0.5, 0.6) is 0 Å². The molecule has 2 atom stereocenters. The Morgan fingerprint density at radius 1 is 1.47 bits per heavy atom. The first-order valence-corrected chi connectivity index (χ1v) is 7.49. The van der Waals surface area contributed by atoms with Gasteiger partial charge in [-0.2, -0.15) is 13.2 Å². The van der Waals surface area contributed by atoms with Gasteiger partial charge in [0.25, 0.3) is 5.91 Å². The fraction of sp³-hybridized carbons (Fsp3) is 0.900. The predicted octanol–water partition coefficient (Wildman–Crippen LogP) is 0.599. The van der Waals surface area contributed by atoms with E-state index in [0.29, 0.717) is 6.42 Å². The minimum atomic E-state index is -4.50. The van der Waals surface area contributed by atoms with Crippen LogP contribution in [0.15, 0.2) is 0 Å². The number of carbonyl (C=O) groups excluding carboxylic acids is 1. The van der Waals surface area contributed by atoms with Crippen LogP contribution in [-0.2, 0) is 19.4 Å². The zero-order chi connectivity index (χ0) is 14.8. The van der Waals surface area contributed by atoms with Gasteiger partial charge in [-0.15, -0.1) is 0 Å². The van der Waals surface area contributed by atoms with Crippen molar-refractivity contribution in [1.29, 1.82) is 0 Å². The molecule has 1 heterocycles. The minimum absolute atomic E-state index is 0.00687. The van der Waals surface area contributed by atoms with Gasteiger partial charge in [-0.25, -0.2) is 8.42 Å². The number of sulfone groups is 1. The summed E-state index contributed by atoms with van der Waals surface area (Å²) in [5.74, 6) is -0.805. The molecular formula is C10H16F3NO4S. The molecule has 0 aliphatic carbocycles. The molecule has 1 aliphatic rings. The highest BCUT2D eigenvalue weighted by atomic mass is 32.2. The maximum atomic E-state index is 12.0. The Morgan fingerprint density at radius 2 is 2.05 bits per heavy atom. The number of rotatable bonds is 4. The van der Waals surface area contributed by atoms with E-state index in [9.17, 15) is 26.4 Å². The number of hydrogen-bond acceptors (Lipinski definition) is 4. The van der Waals surface area contributed by atoms with E-state index in [4.69, 9.17) is 0 Å². The van der Waals surface area contributed by atoms with Crippen LogP contribution in [0.4, 0.5) is 13.2 Å². The smallest absolute Gasteiger partial charge is 0.359 e. The van der Waals surface area contributed by atoms with Crippen molar-refractivity contribution in [3.05, 3.63) is 0 Å². The van der Waals surface area contributed by atoms with Gasteiger partial charge in [-0.05, 0) is 13.3 Å². The highest BCUT2D eigenvalue weighted by Crippen LogP contribution is 2.19. The SMILES string of the molecule is C[C@H](OCC(F)(F)F)C(=O)N(C)[C@@H]1CCS(=O)(=O)C1. The molecule has 112 valence electrons. The third kappa shape index (κ3) is 4.98. The molecule has 5 nitrogen and oxygen atoms in total. The first-order valence-electron chi connectivity index (χ1n) is 5.67. The molecule has 0 spiro atoms. The second kappa shape index (κ2) is 5.66. The van der Waals surface area contributed by atoms with Gasteiger partial charge in [-0.3, -0.25) is 4.79 Å². The van der Waals surface area contributed by atoms with Crippen molar-refractivity contribution in [2.45, 2.75) is 31.7 Å². The topological polar surface area (TPSA) is 63.7 Å². The number of amides is 1.